The lowest BCUT2D eigenvalue weighted by molar-refractivity contribution is 0.180. The number of ether oxygens (including phenoxy) is 2. The minimum atomic E-state index is -0.387. The lowest BCUT2D eigenvalue weighted by atomic mass is 10.3. The van der Waals surface area contributed by atoms with Crippen molar-refractivity contribution < 1.29 is 14.3 Å². The summed E-state index contributed by atoms with van der Waals surface area (Å²) in [5.41, 5.74) is 0.774. The van der Waals surface area contributed by atoms with Gasteiger partial charge in [-0.2, -0.15) is 0 Å². The molecule has 4 nitrogen and oxygen atoms in total. The summed E-state index contributed by atoms with van der Waals surface area (Å²) in [6.45, 7) is 2.76. The van der Waals surface area contributed by atoms with Crippen LogP contribution in [0.25, 0.3) is 0 Å². The third kappa shape index (κ3) is 3.15. The fraction of sp³-hybridized carbons (Fsp3) is 0.417. The molecule has 0 heterocycles. The smallest absolute Gasteiger partial charge is 0.413 e. The van der Waals surface area contributed by atoms with Crippen LogP contribution in [-0.2, 0) is 4.74 Å². The van der Waals surface area contributed by atoms with Crippen LogP contribution in [0.4, 0.5) is 10.5 Å². The Morgan fingerprint density at radius 2 is 1.94 bits per heavy atom. The first-order valence-corrected chi connectivity index (χ1v) is 5.23. The summed E-state index contributed by atoms with van der Waals surface area (Å²) in [4.78, 5) is 12.7. The van der Waals surface area contributed by atoms with Crippen LogP contribution >= 0.6 is 0 Å². The van der Waals surface area contributed by atoms with E-state index in [4.69, 9.17) is 4.74 Å². The highest BCUT2D eigenvalue weighted by atomic mass is 16.5. The van der Waals surface area contributed by atoms with Crippen molar-refractivity contribution in [2.75, 3.05) is 25.7 Å². The van der Waals surface area contributed by atoms with Gasteiger partial charge in [-0.05, 0) is 30.7 Å². The van der Waals surface area contributed by atoms with Gasteiger partial charge in [0.25, 0.3) is 0 Å². The van der Waals surface area contributed by atoms with Gasteiger partial charge in [0.2, 0.25) is 0 Å². The fourth-order valence-corrected chi connectivity index (χ4v) is 1.23. The second kappa shape index (κ2) is 6.00. The molecule has 0 saturated carbocycles. The monoisotopic (exact) mass is 223 g/mol. The fourth-order valence-electron chi connectivity index (χ4n) is 1.23. The molecule has 1 aromatic rings. The van der Waals surface area contributed by atoms with E-state index in [9.17, 15) is 4.79 Å². The van der Waals surface area contributed by atoms with E-state index < -0.39 is 0 Å². The average Bonchev–Trinajstić information content (AvgIpc) is 2.35. The molecule has 0 fully saturated rings. The zero-order chi connectivity index (χ0) is 12.0. The van der Waals surface area contributed by atoms with Gasteiger partial charge in [0.15, 0.2) is 0 Å². The number of methoxy groups -OCH3 is 1. The third-order valence-electron chi connectivity index (χ3n) is 2.15. The molecule has 88 valence electrons. The van der Waals surface area contributed by atoms with E-state index in [0.29, 0.717) is 6.61 Å². The minimum absolute atomic E-state index is 0.387. The molecule has 0 aliphatic carbocycles. The number of anilines is 1. The maximum Gasteiger partial charge on any atom is 0.413 e. The molecule has 1 aromatic carbocycles. The molecule has 0 aromatic heterocycles. The second-order valence-corrected chi connectivity index (χ2v) is 3.37. The third-order valence-corrected chi connectivity index (χ3v) is 2.15. The highest BCUT2D eigenvalue weighted by molar-refractivity contribution is 5.86. The van der Waals surface area contributed by atoms with Crippen LogP contribution in [0.1, 0.15) is 13.3 Å². The molecule has 0 aliphatic heterocycles. The first-order chi connectivity index (χ1) is 7.69. The quantitative estimate of drug-likeness (QED) is 0.787. The molecule has 1 rings (SSSR count). The van der Waals surface area contributed by atoms with Crippen molar-refractivity contribution in [3.63, 3.8) is 0 Å². The molecule has 0 spiro atoms. The van der Waals surface area contributed by atoms with Crippen LogP contribution < -0.4 is 9.64 Å². The first-order valence-electron chi connectivity index (χ1n) is 5.23. The number of hydrogen-bond donors (Lipinski definition) is 0. The summed E-state index contributed by atoms with van der Waals surface area (Å²) in [5.74, 6) is 0.809. The number of amides is 1. The highest BCUT2D eigenvalue weighted by Crippen LogP contribution is 2.19. The molecule has 0 atom stereocenters. The second-order valence-electron chi connectivity index (χ2n) is 3.37. The summed E-state index contributed by atoms with van der Waals surface area (Å²) in [6, 6.07) is 7.32. The van der Waals surface area contributed by atoms with Gasteiger partial charge in [-0.3, -0.25) is 4.90 Å². The van der Waals surface area contributed by atoms with E-state index in [-0.39, 0.29) is 6.09 Å². The van der Waals surface area contributed by atoms with E-state index in [0.717, 1.165) is 17.9 Å². The molecular weight excluding hydrogens is 206 g/mol. The van der Waals surface area contributed by atoms with Crippen LogP contribution in [0.3, 0.4) is 0 Å². The average molecular weight is 223 g/mol. The molecule has 4 heteroatoms. The SMILES string of the molecule is CCCOc1ccc(N(C)C(=O)OC)cc1. The van der Waals surface area contributed by atoms with Gasteiger partial charge in [0, 0.05) is 12.7 Å². The number of benzene rings is 1. The standard InChI is InChI=1S/C12H17NO3/c1-4-9-16-11-7-5-10(6-8-11)13(2)12(14)15-3/h5-8H,4,9H2,1-3H3. The highest BCUT2D eigenvalue weighted by Gasteiger charge is 2.09. The maximum atomic E-state index is 11.2. The van der Waals surface area contributed by atoms with Crippen molar-refractivity contribution in [3.05, 3.63) is 24.3 Å². The number of hydrogen-bond acceptors (Lipinski definition) is 3. The Hall–Kier alpha value is -1.71. The molecule has 0 bridgehead atoms. The summed E-state index contributed by atoms with van der Waals surface area (Å²) in [7, 11) is 3.02. The van der Waals surface area contributed by atoms with E-state index >= 15 is 0 Å². The van der Waals surface area contributed by atoms with Gasteiger partial charge in [-0.15, -0.1) is 0 Å². The van der Waals surface area contributed by atoms with Crippen LogP contribution in [0.2, 0.25) is 0 Å². The largest absolute Gasteiger partial charge is 0.494 e. The van der Waals surface area contributed by atoms with Crippen LogP contribution in [0.15, 0.2) is 24.3 Å². The Bertz CT molecular complexity index is 335. The van der Waals surface area contributed by atoms with Gasteiger partial charge < -0.3 is 9.47 Å². The Balaban J connectivity index is 2.67. The number of nitrogens with zero attached hydrogens (tertiary/aromatic N) is 1. The maximum absolute atomic E-state index is 11.2. The molecule has 0 aliphatic rings. The lowest BCUT2D eigenvalue weighted by Gasteiger charge is -2.15. The predicted octanol–water partition coefficient (Wildman–Crippen LogP) is 2.68. The van der Waals surface area contributed by atoms with Crippen molar-refractivity contribution in [1.29, 1.82) is 0 Å². The summed E-state index contributed by atoms with van der Waals surface area (Å²) < 4.78 is 10.1. The van der Waals surface area contributed by atoms with Crippen molar-refractivity contribution in [1.82, 2.24) is 0 Å². The topological polar surface area (TPSA) is 38.8 Å². The lowest BCUT2D eigenvalue weighted by Crippen LogP contribution is -2.25. The van der Waals surface area contributed by atoms with Crippen molar-refractivity contribution in [2.45, 2.75) is 13.3 Å². The summed E-state index contributed by atoms with van der Waals surface area (Å²) >= 11 is 0. The van der Waals surface area contributed by atoms with Gasteiger partial charge in [-0.25, -0.2) is 4.79 Å². The van der Waals surface area contributed by atoms with Gasteiger partial charge in [-0.1, -0.05) is 6.92 Å². The minimum Gasteiger partial charge on any atom is -0.494 e. The number of rotatable bonds is 4. The van der Waals surface area contributed by atoms with Gasteiger partial charge >= 0.3 is 6.09 Å². The van der Waals surface area contributed by atoms with Crippen molar-refractivity contribution in [3.8, 4) is 5.75 Å². The van der Waals surface area contributed by atoms with E-state index in [1.165, 1.54) is 12.0 Å². The van der Waals surface area contributed by atoms with E-state index in [1.807, 2.05) is 24.3 Å². The number of carbonyl (C=O) groups excluding carboxylic acids is 1. The van der Waals surface area contributed by atoms with Crippen molar-refractivity contribution >= 4 is 11.8 Å². The summed E-state index contributed by atoms with van der Waals surface area (Å²) in [6.07, 6.45) is 0.589. The Kier molecular flexibility index (Phi) is 4.64. The molecule has 16 heavy (non-hydrogen) atoms. The zero-order valence-corrected chi connectivity index (χ0v) is 9.90. The predicted molar refractivity (Wildman–Crippen MR) is 63.0 cm³/mol. The molecule has 0 unspecified atom stereocenters. The van der Waals surface area contributed by atoms with Gasteiger partial charge in [0.05, 0.1) is 13.7 Å². The Morgan fingerprint density at radius 3 is 2.44 bits per heavy atom. The molecule has 0 N–H and O–H groups in total. The Labute approximate surface area is 95.8 Å². The molecular formula is C12H17NO3. The van der Waals surface area contributed by atoms with Crippen LogP contribution in [0, 0.1) is 0 Å². The molecule has 1 amide bonds. The van der Waals surface area contributed by atoms with E-state index in [2.05, 4.69) is 11.7 Å². The summed E-state index contributed by atoms with van der Waals surface area (Å²) in [5, 5.41) is 0. The molecule has 0 radical (unpaired) electrons. The first kappa shape index (κ1) is 12.4. The van der Waals surface area contributed by atoms with Gasteiger partial charge in [0.1, 0.15) is 5.75 Å². The van der Waals surface area contributed by atoms with Crippen molar-refractivity contribution in [2.24, 2.45) is 0 Å². The molecule has 0 saturated heterocycles. The van der Waals surface area contributed by atoms with Crippen LogP contribution in [0.5, 0.6) is 5.75 Å². The zero-order valence-electron chi connectivity index (χ0n) is 9.90. The Morgan fingerprint density at radius 1 is 1.31 bits per heavy atom. The normalized spacial score (nSPS) is 9.69. The number of carbonyl (C=O) groups is 1. The van der Waals surface area contributed by atoms with Crippen LogP contribution in [-0.4, -0.2) is 26.9 Å². The van der Waals surface area contributed by atoms with E-state index in [1.54, 1.807) is 7.05 Å².